The number of hydrogen-bond acceptors (Lipinski definition) is 4. The molecule has 2 rings (SSSR count). The van der Waals surface area contributed by atoms with E-state index in [0.717, 1.165) is 5.69 Å². The number of likely N-dealkylation sites (N-methyl/N-ethyl adjacent to an activating group) is 1. The monoisotopic (exact) mass is 349 g/mol. The summed E-state index contributed by atoms with van der Waals surface area (Å²) in [5.41, 5.74) is 0.789. The lowest BCUT2D eigenvalue weighted by Gasteiger charge is -2.14. The second-order valence-corrected chi connectivity index (χ2v) is 4.80. The number of hydrogen-bond donors (Lipinski definition) is 2. The van der Waals surface area contributed by atoms with Crippen LogP contribution in [0.15, 0.2) is 18.2 Å². The Labute approximate surface area is 134 Å². The van der Waals surface area contributed by atoms with Crippen LogP contribution >= 0.6 is 0 Å². The van der Waals surface area contributed by atoms with Crippen LogP contribution in [-0.2, 0) is 9.59 Å². The zero-order valence-corrected chi connectivity index (χ0v) is 12.6. The summed E-state index contributed by atoms with van der Waals surface area (Å²) in [6.45, 7) is 1.95. The number of carbonyl (C=O) groups excluding carboxylic acids is 1. The van der Waals surface area contributed by atoms with Crippen molar-refractivity contribution in [3.05, 3.63) is 23.9 Å². The van der Waals surface area contributed by atoms with Crippen molar-refractivity contribution >= 4 is 23.8 Å². The fourth-order valence-corrected chi connectivity index (χ4v) is 1.81. The van der Waals surface area contributed by atoms with Crippen LogP contribution in [-0.4, -0.2) is 63.9 Å². The zero-order valence-electron chi connectivity index (χ0n) is 12.6. The quantitative estimate of drug-likeness (QED) is 0.834. The topological polar surface area (TPSA) is 111 Å². The van der Waals surface area contributed by atoms with E-state index in [1.165, 1.54) is 16.8 Å². The van der Waals surface area contributed by atoms with Crippen LogP contribution in [0.5, 0.6) is 0 Å². The molecule has 0 radical (unpaired) electrons. The Kier molecular flexibility index (Phi) is 5.72. The summed E-state index contributed by atoms with van der Waals surface area (Å²) in [7, 11) is 1.48. The van der Waals surface area contributed by atoms with E-state index in [4.69, 9.17) is 15.0 Å². The van der Waals surface area contributed by atoms with Gasteiger partial charge in [-0.25, -0.2) is 19.4 Å². The van der Waals surface area contributed by atoms with Gasteiger partial charge in [0.15, 0.2) is 0 Å². The number of rotatable bonds is 2. The molecule has 11 heteroatoms. The fourth-order valence-electron chi connectivity index (χ4n) is 1.81. The smallest absolute Gasteiger partial charge is 0.480 e. The van der Waals surface area contributed by atoms with Crippen molar-refractivity contribution in [1.82, 2.24) is 9.88 Å². The Hall–Kier alpha value is -2.85. The Morgan fingerprint density at radius 2 is 1.83 bits per heavy atom. The van der Waals surface area contributed by atoms with Gasteiger partial charge in [-0.3, -0.25) is 4.90 Å². The number of anilines is 1. The summed E-state index contributed by atoms with van der Waals surface area (Å²) in [6, 6.07) is 4.16. The summed E-state index contributed by atoms with van der Waals surface area (Å²) in [5, 5.41) is 16.1. The first-order valence-electron chi connectivity index (χ1n) is 6.46. The number of nitrogens with zero attached hydrogens (tertiary/aromatic N) is 3. The van der Waals surface area contributed by atoms with E-state index in [1.54, 1.807) is 12.1 Å². The van der Waals surface area contributed by atoms with Gasteiger partial charge in [0, 0.05) is 12.7 Å². The third-order valence-corrected chi connectivity index (χ3v) is 3.03. The van der Waals surface area contributed by atoms with Gasteiger partial charge in [0.1, 0.15) is 11.9 Å². The van der Waals surface area contributed by atoms with E-state index in [9.17, 15) is 22.8 Å². The van der Waals surface area contributed by atoms with E-state index in [-0.39, 0.29) is 12.6 Å². The Morgan fingerprint density at radius 1 is 1.29 bits per heavy atom. The average Bonchev–Trinajstić information content (AvgIpc) is 2.75. The number of aryl methyl sites for hydroxylation is 1. The summed E-state index contributed by atoms with van der Waals surface area (Å²) in [4.78, 5) is 38.6. The van der Waals surface area contributed by atoms with Crippen LogP contribution in [0.4, 0.5) is 23.8 Å². The minimum Gasteiger partial charge on any atom is -0.480 e. The first-order chi connectivity index (χ1) is 10.9. The van der Waals surface area contributed by atoms with Gasteiger partial charge < -0.3 is 15.1 Å². The van der Waals surface area contributed by atoms with Gasteiger partial charge in [0.05, 0.1) is 6.54 Å². The standard InChI is InChI=1S/C11H13N3O3.C2HF3O2/c1-7-4-3-5-9(12-7)14-6-8(10(15)16)13(2)11(14)17;3-2(4,5)1(6)7/h3-5,8H,6H2,1-2H3,(H,15,16);(H,6,7). The lowest BCUT2D eigenvalue weighted by Crippen LogP contribution is -2.36. The van der Waals surface area contributed by atoms with Gasteiger partial charge in [0.2, 0.25) is 0 Å². The highest BCUT2D eigenvalue weighted by Crippen LogP contribution is 2.21. The predicted octanol–water partition coefficient (Wildman–Crippen LogP) is 1.35. The number of carboxylic acid groups (broad SMARTS) is 2. The van der Waals surface area contributed by atoms with E-state index in [1.807, 2.05) is 13.0 Å². The normalized spacial score (nSPS) is 17.4. The molecule has 0 bridgehead atoms. The van der Waals surface area contributed by atoms with Crippen molar-refractivity contribution in [3.8, 4) is 0 Å². The maximum Gasteiger partial charge on any atom is 0.490 e. The molecule has 1 aliphatic rings. The van der Waals surface area contributed by atoms with E-state index >= 15 is 0 Å². The first kappa shape index (κ1) is 19.2. The van der Waals surface area contributed by atoms with Crippen LogP contribution in [0.1, 0.15) is 5.69 Å². The number of pyridine rings is 1. The first-order valence-corrected chi connectivity index (χ1v) is 6.46. The van der Waals surface area contributed by atoms with Gasteiger partial charge in [-0.2, -0.15) is 13.2 Å². The average molecular weight is 349 g/mol. The molecule has 0 aliphatic carbocycles. The molecule has 1 aliphatic heterocycles. The molecule has 1 atom stereocenters. The summed E-state index contributed by atoms with van der Waals surface area (Å²) in [6.07, 6.45) is -5.08. The largest absolute Gasteiger partial charge is 0.490 e. The molecule has 0 spiro atoms. The highest BCUT2D eigenvalue weighted by Gasteiger charge is 2.40. The zero-order chi connectivity index (χ0) is 18.7. The van der Waals surface area contributed by atoms with Crippen molar-refractivity contribution in [1.29, 1.82) is 0 Å². The van der Waals surface area contributed by atoms with Gasteiger partial charge in [-0.1, -0.05) is 6.07 Å². The van der Waals surface area contributed by atoms with Gasteiger partial charge in [0.25, 0.3) is 0 Å². The fraction of sp³-hybridized carbons (Fsp3) is 0.385. The molecule has 2 amide bonds. The van der Waals surface area contributed by atoms with E-state index in [0.29, 0.717) is 5.82 Å². The number of halogens is 3. The Bertz CT molecular complexity index is 650. The predicted molar refractivity (Wildman–Crippen MR) is 74.6 cm³/mol. The number of aromatic nitrogens is 1. The summed E-state index contributed by atoms with van der Waals surface area (Å²) >= 11 is 0. The minimum absolute atomic E-state index is 0.126. The highest BCUT2D eigenvalue weighted by atomic mass is 19.4. The van der Waals surface area contributed by atoms with Crippen molar-refractivity contribution in [2.24, 2.45) is 0 Å². The Morgan fingerprint density at radius 3 is 2.21 bits per heavy atom. The molecule has 24 heavy (non-hydrogen) atoms. The van der Waals surface area contributed by atoms with Crippen LogP contribution in [0.2, 0.25) is 0 Å². The molecular weight excluding hydrogens is 335 g/mol. The number of carbonyl (C=O) groups is 3. The third kappa shape index (κ3) is 4.57. The summed E-state index contributed by atoms with van der Waals surface area (Å²) in [5.74, 6) is -3.27. The van der Waals surface area contributed by atoms with Crippen LogP contribution in [0.25, 0.3) is 0 Å². The maximum absolute atomic E-state index is 11.9. The minimum atomic E-state index is -5.08. The second-order valence-electron chi connectivity index (χ2n) is 4.80. The lowest BCUT2D eigenvalue weighted by molar-refractivity contribution is -0.192. The molecule has 1 aromatic heterocycles. The molecule has 1 aromatic rings. The second kappa shape index (κ2) is 7.15. The van der Waals surface area contributed by atoms with E-state index < -0.39 is 24.2 Å². The molecule has 2 heterocycles. The molecule has 132 valence electrons. The van der Waals surface area contributed by atoms with Gasteiger partial charge in [-0.15, -0.1) is 0 Å². The number of alkyl halides is 3. The van der Waals surface area contributed by atoms with Crippen molar-refractivity contribution in [3.63, 3.8) is 0 Å². The van der Waals surface area contributed by atoms with Crippen molar-refractivity contribution in [2.75, 3.05) is 18.5 Å². The molecule has 1 unspecified atom stereocenters. The van der Waals surface area contributed by atoms with Gasteiger partial charge >= 0.3 is 24.1 Å². The molecule has 2 N–H and O–H groups in total. The van der Waals surface area contributed by atoms with Gasteiger partial charge in [-0.05, 0) is 19.1 Å². The lowest BCUT2D eigenvalue weighted by atomic mass is 10.3. The molecular formula is C13H14F3N3O5. The number of aliphatic carboxylic acids is 2. The molecule has 1 fully saturated rings. The molecule has 0 saturated carbocycles. The summed E-state index contributed by atoms with van der Waals surface area (Å²) < 4.78 is 31.7. The number of carboxylic acids is 2. The molecule has 8 nitrogen and oxygen atoms in total. The molecule has 1 saturated heterocycles. The maximum atomic E-state index is 11.9. The number of urea groups is 1. The number of amides is 2. The van der Waals surface area contributed by atoms with Crippen molar-refractivity contribution in [2.45, 2.75) is 19.1 Å². The highest BCUT2D eigenvalue weighted by molar-refractivity contribution is 5.98. The molecule has 0 aromatic carbocycles. The SMILES string of the molecule is Cc1cccc(N2CC(C(=O)O)N(C)C2=O)n1.O=C(O)C(F)(F)F. The van der Waals surface area contributed by atoms with E-state index in [2.05, 4.69) is 4.98 Å². The van der Waals surface area contributed by atoms with Crippen LogP contribution < -0.4 is 4.90 Å². The third-order valence-electron chi connectivity index (χ3n) is 3.03. The van der Waals surface area contributed by atoms with Crippen LogP contribution in [0.3, 0.4) is 0 Å². The Balaban J connectivity index is 0.000000351. The van der Waals surface area contributed by atoms with Crippen molar-refractivity contribution < 1.29 is 37.8 Å². The van der Waals surface area contributed by atoms with Crippen LogP contribution in [0, 0.1) is 6.92 Å².